The van der Waals surface area contributed by atoms with Crippen LogP contribution in [0.4, 0.5) is 5.82 Å². The molecule has 0 spiro atoms. The number of para-hydroxylation sites is 1. The average molecular weight is 317 g/mol. The van der Waals surface area contributed by atoms with Crippen LogP contribution >= 0.6 is 15.9 Å². The molecule has 0 atom stereocenters. The summed E-state index contributed by atoms with van der Waals surface area (Å²) >= 11 is 3.41. The van der Waals surface area contributed by atoms with Crippen LogP contribution in [0.1, 0.15) is 11.1 Å². The van der Waals surface area contributed by atoms with E-state index in [0.717, 1.165) is 32.4 Å². The van der Waals surface area contributed by atoms with Crippen LogP contribution in [0, 0.1) is 6.92 Å². The number of benzene rings is 1. The van der Waals surface area contributed by atoms with Crippen molar-refractivity contribution in [2.75, 3.05) is 5.32 Å². The Kier molecular flexibility index (Phi) is 3.25. The predicted octanol–water partition coefficient (Wildman–Crippen LogP) is 4.51. The zero-order valence-corrected chi connectivity index (χ0v) is 12.1. The fraction of sp³-hybridized carbons (Fsp3) is 0.133. The molecule has 2 heterocycles. The summed E-state index contributed by atoms with van der Waals surface area (Å²) in [6, 6.07) is 10.1. The second-order valence-corrected chi connectivity index (χ2v) is 5.35. The van der Waals surface area contributed by atoms with Crippen LogP contribution < -0.4 is 5.32 Å². The molecule has 0 radical (unpaired) electrons. The number of furan rings is 1. The molecule has 4 heteroatoms. The third-order valence-electron chi connectivity index (χ3n) is 3.05. The van der Waals surface area contributed by atoms with E-state index in [1.54, 1.807) is 12.5 Å². The number of nitrogens with zero attached hydrogens (tertiary/aromatic N) is 1. The summed E-state index contributed by atoms with van der Waals surface area (Å²) in [6.07, 6.45) is 3.59. The number of hydrogen-bond donors (Lipinski definition) is 1. The maximum Gasteiger partial charge on any atom is 0.134 e. The van der Waals surface area contributed by atoms with Gasteiger partial charge in [0.25, 0.3) is 0 Å². The third kappa shape index (κ3) is 2.49. The smallest absolute Gasteiger partial charge is 0.134 e. The van der Waals surface area contributed by atoms with Gasteiger partial charge in [-0.1, -0.05) is 18.2 Å². The summed E-state index contributed by atoms with van der Waals surface area (Å²) in [7, 11) is 0. The molecule has 3 aromatic rings. The van der Waals surface area contributed by atoms with Crippen molar-refractivity contribution < 1.29 is 4.42 Å². The van der Waals surface area contributed by atoms with Gasteiger partial charge in [-0.05, 0) is 40.5 Å². The van der Waals surface area contributed by atoms with Gasteiger partial charge >= 0.3 is 0 Å². The lowest BCUT2D eigenvalue weighted by Crippen LogP contribution is -2.02. The Morgan fingerprint density at radius 1 is 1.32 bits per heavy atom. The molecule has 3 rings (SSSR count). The van der Waals surface area contributed by atoms with Gasteiger partial charge < -0.3 is 9.73 Å². The van der Waals surface area contributed by atoms with Crippen LogP contribution in [0.3, 0.4) is 0 Å². The standard InChI is InChI=1S/C15H13BrN2O/c1-10-6-12(16)8-18-15(10)17-7-11-9-19-14-5-3-2-4-13(11)14/h2-6,8-9H,7H2,1H3,(H,17,18). The van der Waals surface area contributed by atoms with E-state index in [2.05, 4.69) is 32.3 Å². The molecule has 0 amide bonds. The maximum absolute atomic E-state index is 5.52. The number of pyridine rings is 1. The molecular formula is C15H13BrN2O. The van der Waals surface area contributed by atoms with Crippen molar-refractivity contribution in [3.05, 3.63) is 58.4 Å². The van der Waals surface area contributed by atoms with Crippen molar-refractivity contribution in [1.82, 2.24) is 4.98 Å². The normalized spacial score (nSPS) is 10.8. The van der Waals surface area contributed by atoms with E-state index in [-0.39, 0.29) is 0 Å². The Morgan fingerprint density at radius 2 is 2.16 bits per heavy atom. The van der Waals surface area contributed by atoms with Gasteiger partial charge in [0.15, 0.2) is 0 Å². The van der Waals surface area contributed by atoms with Crippen LogP contribution in [0.15, 0.2) is 51.7 Å². The van der Waals surface area contributed by atoms with Gasteiger partial charge in [-0.2, -0.15) is 0 Å². The van der Waals surface area contributed by atoms with Gasteiger partial charge in [-0.15, -0.1) is 0 Å². The molecule has 19 heavy (non-hydrogen) atoms. The summed E-state index contributed by atoms with van der Waals surface area (Å²) in [5, 5.41) is 4.49. The second-order valence-electron chi connectivity index (χ2n) is 4.43. The van der Waals surface area contributed by atoms with E-state index in [1.807, 2.05) is 31.2 Å². The van der Waals surface area contributed by atoms with E-state index in [0.29, 0.717) is 6.54 Å². The van der Waals surface area contributed by atoms with Crippen molar-refractivity contribution in [3.8, 4) is 0 Å². The number of aromatic nitrogens is 1. The molecule has 2 aromatic heterocycles. The van der Waals surface area contributed by atoms with Crippen LogP contribution in [-0.4, -0.2) is 4.98 Å². The summed E-state index contributed by atoms with van der Waals surface area (Å²) in [5.41, 5.74) is 3.17. The number of aryl methyl sites for hydroxylation is 1. The molecule has 0 aliphatic heterocycles. The van der Waals surface area contributed by atoms with Gasteiger partial charge in [0, 0.05) is 28.2 Å². The fourth-order valence-electron chi connectivity index (χ4n) is 2.07. The lowest BCUT2D eigenvalue weighted by Gasteiger charge is -2.07. The molecule has 1 aromatic carbocycles. The average Bonchev–Trinajstić information content (AvgIpc) is 2.81. The van der Waals surface area contributed by atoms with Crippen LogP contribution in [0.2, 0.25) is 0 Å². The molecule has 1 N–H and O–H groups in total. The highest BCUT2D eigenvalue weighted by atomic mass is 79.9. The Balaban J connectivity index is 1.82. The second kappa shape index (κ2) is 5.05. The predicted molar refractivity (Wildman–Crippen MR) is 80.2 cm³/mol. The molecular weight excluding hydrogens is 304 g/mol. The zero-order chi connectivity index (χ0) is 13.2. The summed E-state index contributed by atoms with van der Waals surface area (Å²) in [4.78, 5) is 4.37. The van der Waals surface area contributed by atoms with E-state index in [1.165, 1.54) is 0 Å². The Bertz CT molecular complexity index is 721. The summed E-state index contributed by atoms with van der Waals surface area (Å²) in [6.45, 7) is 2.74. The Labute approximate surface area is 119 Å². The van der Waals surface area contributed by atoms with Gasteiger partial charge in [0.2, 0.25) is 0 Å². The highest BCUT2D eigenvalue weighted by molar-refractivity contribution is 9.10. The monoisotopic (exact) mass is 316 g/mol. The minimum Gasteiger partial charge on any atom is -0.464 e. The molecule has 0 aliphatic carbocycles. The molecule has 0 aliphatic rings. The van der Waals surface area contributed by atoms with Crippen LogP contribution in [0.25, 0.3) is 11.0 Å². The van der Waals surface area contributed by atoms with Gasteiger partial charge in [-0.3, -0.25) is 0 Å². The minimum atomic E-state index is 0.701. The lowest BCUT2D eigenvalue weighted by molar-refractivity contribution is 0.611. The quantitative estimate of drug-likeness (QED) is 0.772. The Morgan fingerprint density at radius 3 is 3.00 bits per heavy atom. The number of nitrogens with one attached hydrogen (secondary N) is 1. The number of anilines is 1. The first-order chi connectivity index (χ1) is 9.24. The number of fused-ring (bicyclic) bond motifs is 1. The first-order valence-electron chi connectivity index (χ1n) is 6.05. The van der Waals surface area contributed by atoms with Crippen LogP contribution in [-0.2, 0) is 6.54 Å². The Hall–Kier alpha value is -1.81. The number of halogens is 1. The van der Waals surface area contributed by atoms with E-state index < -0.39 is 0 Å². The van der Waals surface area contributed by atoms with E-state index in [4.69, 9.17) is 4.42 Å². The number of rotatable bonds is 3. The van der Waals surface area contributed by atoms with Gasteiger partial charge in [-0.25, -0.2) is 4.98 Å². The van der Waals surface area contributed by atoms with Crippen molar-refractivity contribution >= 4 is 32.7 Å². The zero-order valence-electron chi connectivity index (χ0n) is 10.5. The third-order valence-corrected chi connectivity index (χ3v) is 3.49. The topological polar surface area (TPSA) is 38.1 Å². The first kappa shape index (κ1) is 12.2. The summed E-state index contributed by atoms with van der Waals surface area (Å²) < 4.78 is 6.51. The lowest BCUT2D eigenvalue weighted by atomic mass is 10.2. The molecule has 3 nitrogen and oxygen atoms in total. The van der Waals surface area contributed by atoms with Crippen LogP contribution in [0.5, 0.6) is 0 Å². The van der Waals surface area contributed by atoms with Crippen molar-refractivity contribution in [2.24, 2.45) is 0 Å². The van der Waals surface area contributed by atoms with E-state index >= 15 is 0 Å². The SMILES string of the molecule is Cc1cc(Br)cnc1NCc1coc2ccccc12. The fourth-order valence-corrected chi connectivity index (χ4v) is 2.52. The molecule has 0 fully saturated rings. The number of hydrogen-bond acceptors (Lipinski definition) is 3. The van der Waals surface area contributed by atoms with Gasteiger partial charge in [0.1, 0.15) is 11.4 Å². The largest absolute Gasteiger partial charge is 0.464 e. The first-order valence-corrected chi connectivity index (χ1v) is 6.84. The highest BCUT2D eigenvalue weighted by Gasteiger charge is 2.06. The maximum atomic E-state index is 5.52. The molecule has 0 saturated heterocycles. The summed E-state index contributed by atoms with van der Waals surface area (Å²) in [5.74, 6) is 0.897. The van der Waals surface area contributed by atoms with E-state index in [9.17, 15) is 0 Å². The van der Waals surface area contributed by atoms with Crippen molar-refractivity contribution in [3.63, 3.8) is 0 Å². The molecule has 0 unspecified atom stereocenters. The van der Waals surface area contributed by atoms with Crippen molar-refractivity contribution in [1.29, 1.82) is 0 Å². The van der Waals surface area contributed by atoms with Gasteiger partial charge in [0.05, 0.1) is 6.26 Å². The molecule has 0 bridgehead atoms. The molecule has 96 valence electrons. The van der Waals surface area contributed by atoms with Crippen molar-refractivity contribution in [2.45, 2.75) is 13.5 Å². The highest BCUT2D eigenvalue weighted by Crippen LogP contribution is 2.22. The molecule has 0 saturated carbocycles. The minimum absolute atomic E-state index is 0.701.